The predicted molar refractivity (Wildman–Crippen MR) is 100.0 cm³/mol. The van der Waals surface area contributed by atoms with E-state index in [0.29, 0.717) is 18.1 Å². The molecule has 8 heteroatoms. The standard InChI is InChI=1S/C19H22N4O3S/c24-19(14-5-7-23(8-6-14)13-15-3-1-9-25-15)20-12-18-21-17(22-26-18)11-16-4-2-10-27-16/h1-4,9-10,14H,5-8,11-13H2,(H,20,24). The summed E-state index contributed by atoms with van der Waals surface area (Å²) in [5.41, 5.74) is 0. The number of nitrogens with zero attached hydrogens (tertiary/aromatic N) is 3. The highest BCUT2D eigenvalue weighted by Crippen LogP contribution is 2.19. The Hall–Kier alpha value is -2.45. The molecule has 1 saturated heterocycles. The van der Waals surface area contributed by atoms with Gasteiger partial charge < -0.3 is 14.3 Å². The van der Waals surface area contributed by atoms with E-state index in [-0.39, 0.29) is 18.4 Å². The van der Waals surface area contributed by atoms with E-state index in [0.717, 1.165) is 38.2 Å². The van der Waals surface area contributed by atoms with Crippen LogP contribution < -0.4 is 5.32 Å². The van der Waals surface area contributed by atoms with Gasteiger partial charge in [0.05, 0.1) is 19.4 Å². The number of likely N-dealkylation sites (tertiary alicyclic amines) is 1. The Labute approximate surface area is 161 Å². The molecular formula is C19H22N4O3S. The minimum Gasteiger partial charge on any atom is -0.468 e. The van der Waals surface area contributed by atoms with Crippen molar-refractivity contribution in [3.8, 4) is 0 Å². The first-order valence-electron chi connectivity index (χ1n) is 9.12. The van der Waals surface area contributed by atoms with Gasteiger partial charge >= 0.3 is 0 Å². The number of hydrogen-bond donors (Lipinski definition) is 1. The van der Waals surface area contributed by atoms with E-state index in [1.54, 1.807) is 17.6 Å². The molecule has 3 aromatic rings. The molecule has 0 radical (unpaired) electrons. The molecule has 1 amide bonds. The summed E-state index contributed by atoms with van der Waals surface area (Å²) in [4.78, 5) is 20.3. The minimum absolute atomic E-state index is 0.0337. The zero-order chi connectivity index (χ0) is 18.5. The first-order valence-corrected chi connectivity index (χ1v) is 10.0. The molecule has 1 N–H and O–H groups in total. The molecule has 1 fully saturated rings. The van der Waals surface area contributed by atoms with Gasteiger partial charge in [-0.1, -0.05) is 11.2 Å². The lowest BCUT2D eigenvalue weighted by atomic mass is 9.96. The van der Waals surface area contributed by atoms with E-state index in [2.05, 4.69) is 20.4 Å². The second-order valence-corrected chi connectivity index (χ2v) is 7.74. The number of thiophene rings is 1. The van der Waals surface area contributed by atoms with Gasteiger partial charge in [0.25, 0.3) is 0 Å². The van der Waals surface area contributed by atoms with Crippen molar-refractivity contribution >= 4 is 17.2 Å². The number of amides is 1. The van der Waals surface area contributed by atoms with Crippen molar-refractivity contribution < 1.29 is 13.7 Å². The highest BCUT2D eigenvalue weighted by molar-refractivity contribution is 7.09. The van der Waals surface area contributed by atoms with Crippen molar-refractivity contribution in [2.24, 2.45) is 5.92 Å². The molecule has 1 aliphatic rings. The molecule has 0 unspecified atom stereocenters. The lowest BCUT2D eigenvalue weighted by Crippen LogP contribution is -2.40. The Morgan fingerprint density at radius 1 is 1.30 bits per heavy atom. The molecule has 0 atom stereocenters. The maximum atomic E-state index is 12.4. The molecule has 142 valence electrons. The molecule has 4 rings (SSSR count). The number of aromatic nitrogens is 2. The highest BCUT2D eigenvalue weighted by Gasteiger charge is 2.25. The van der Waals surface area contributed by atoms with Crippen molar-refractivity contribution in [2.75, 3.05) is 13.1 Å². The van der Waals surface area contributed by atoms with Crippen LogP contribution in [0.15, 0.2) is 44.8 Å². The van der Waals surface area contributed by atoms with E-state index in [1.807, 2.05) is 29.6 Å². The molecule has 0 bridgehead atoms. The van der Waals surface area contributed by atoms with Gasteiger partial charge in [0.15, 0.2) is 5.82 Å². The van der Waals surface area contributed by atoms with Gasteiger partial charge in [0, 0.05) is 17.2 Å². The van der Waals surface area contributed by atoms with Crippen LogP contribution in [-0.2, 0) is 24.3 Å². The molecule has 7 nitrogen and oxygen atoms in total. The van der Waals surface area contributed by atoms with Crippen molar-refractivity contribution in [2.45, 2.75) is 32.4 Å². The van der Waals surface area contributed by atoms with Crippen molar-refractivity contribution in [3.05, 3.63) is 58.3 Å². The normalized spacial score (nSPS) is 15.9. The largest absolute Gasteiger partial charge is 0.468 e. The van der Waals surface area contributed by atoms with Gasteiger partial charge in [-0.2, -0.15) is 4.98 Å². The van der Waals surface area contributed by atoms with Gasteiger partial charge in [0.1, 0.15) is 5.76 Å². The van der Waals surface area contributed by atoms with Crippen LogP contribution in [0.4, 0.5) is 0 Å². The number of hydrogen-bond acceptors (Lipinski definition) is 7. The molecular weight excluding hydrogens is 364 g/mol. The third-order valence-electron chi connectivity index (χ3n) is 4.75. The van der Waals surface area contributed by atoms with Crippen molar-refractivity contribution in [1.29, 1.82) is 0 Å². The molecule has 1 aliphatic heterocycles. The average Bonchev–Trinajstić information content (AvgIpc) is 3.44. The van der Waals surface area contributed by atoms with Crippen LogP contribution in [0.25, 0.3) is 0 Å². The molecule has 0 saturated carbocycles. The molecule has 3 aromatic heterocycles. The number of carbonyl (C=O) groups excluding carboxylic acids is 1. The second-order valence-electron chi connectivity index (χ2n) is 6.71. The number of rotatable bonds is 7. The molecule has 4 heterocycles. The molecule has 0 aliphatic carbocycles. The SMILES string of the molecule is O=C(NCc1nc(Cc2cccs2)no1)C1CCN(Cc2ccco2)CC1. The quantitative estimate of drug-likeness (QED) is 0.672. The van der Waals surface area contributed by atoms with Crippen molar-refractivity contribution in [3.63, 3.8) is 0 Å². The Balaban J connectivity index is 1.20. The highest BCUT2D eigenvalue weighted by atomic mass is 32.1. The fraction of sp³-hybridized carbons (Fsp3) is 0.421. The van der Waals surface area contributed by atoms with Crippen LogP contribution in [0.3, 0.4) is 0 Å². The Kier molecular flexibility index (Phi) is 5.64. The third kappa shape index (κ3) is 4.84. The maximum absolute atomic E-state index is 12.4. The zero-order valence-electron chi connectivity index (χ0n) is 15.0. The van der Waals surface area contributed by atoms with Crippen molar-refractivity contribution in [1.82, 2.24) is 20.4 Å². The summed E-state index contributed by atoms with van der Waals surface area (Å²) in [5.74, 6) is 2.16. The summed E-state index contributed by atoms with van der Waals surface area (Å²) in [7, 11) is 0. The Morgan fingerprint density at radius 2 is 2.19 bits per heavy atom. The number of furan rings is 1. The van der Waals surface area contributed by atoms with Gasteiger partial charge in [-0.3, -0.25) is 9.69 Å². The van der Waals surface area contributed by atoms with E-state index >= 15 is 0 Å². The van der Waals surface area contributed by atoms with Gasteiger partial charge in [-0.05, 0) is 49.5 Å². The van der Waals surface area contributed by atoms with Gasteiger partial charge in [-0.15, -0.1) is 11.3 Å². The number of carbonyl (C=O) groups is 1. The average molecular weight is 386 g/mol. The maximum Gasteiger partial charge on any atom is 0.246 e. The van der Waals surface area contributed by atoms with Crippen LogP contribution >= 0.6 is 11.3 Å². The van der Waals surface area contributed by atoms with Crippen LogP contribution in [0.5, 0.6) is 0 Å². The fourth-order valence-corrected chi connectivity index (χ4v) is 3.99. The van der Waals surface area contributed by atoms with E-state index < -0.39 is 0 Å². The number of nitrogens with one attached hydrogen (secondary N) is 1. The van der Waals surface area contributed by atoms with Crippen LogP contribution in [0.1, 0.15) is 35.2 Å². The van der Waals surface area contributed by atoms with E-state index in [9.17, 15) is 4.79 Å². The Bertz CT molecular complexity index is 836. The second kappa shape index (κ2) is 8.49. The first kappa shape index (κ1) is 17.9. The molecule has 0 aromatic carbocycles. The van der Waals surface area contributed by atoms with E-state index in [4.69, 9.17) is 8.94 Å². The third-order valence-corrected chi connectivity index (χ3v) is 5.63. The first-order chi connectivity index (χ1) is 13.3. The molecule has 27 heavy (non-hydrogen) atoms. The summed E-state index contributed by atoms with van der Waals surface area (Å²) in [6.45, 7) is 2.87. The van der Waals surface area contributed by atoms with Crippen LogP contribution in [0.2, 0.25) is 0 Å². The Morgan fingerprint density at radius 3 is 2.93 bits per heavy atom. The summed E-state index contributed by atoms with van der Waals surface area (Å²) in [6.07, 6.45) is 4.04. The van der Waals surface area contributed by atoms with Crippen LogP contribution in [-0.4, -0.2) is 34.0 Å². The molecule has 0 spiro atoms. The van der Waals surface area contributed by atoms with Gasteiger partial charge in [-0.25, -0.2) is 0 Å². The summed E-state index contributed by atoms with van der Waals surface area (Å²) in [6, 6.07) is 7.93. The zero-order valence-corrected chi connectivity index (χ0v) is 15.8. The topological polar surface area (TPSA) is 84.4 Å². The van der Waals surface area contributed by atoms with E-state index in [1.165, 1.54) is 4.88 Å². The van der Waals surface area contributed by atoms with Crippen LogP contribution in [0, 0.1) is 5.92 Å². The number of piperidine rings is 1. The lowest BCUT2D eigenvalue weighted by molar-refractivity contribution is -0.126. The fourth-order valence-electron chi connectivity index (χ4n) is 3.29. The lowest BCUT2D eigenvalue weighted by Gasteiger charge is -2.30. The monoisotopic (exact) mass is 386 g/mol. The predicted octanol–water partition coefficient (Wildman–Crippen LogP) is 2.84. The van der Waals surface area contributed by atoms with Gasteiger partial charge in [0.2, 0.25) is 11.8 Å². The summed E-state index contributed by atoms with van der Waals surface area (Å²) in [5, 5.41) is 8.94. The smallest absolute Gasteiger partial charge is 0.246 e. The summed E-state index contributed by atoms with van der Waals surface area (Å²) >= 11 is 1.66. The summed E-state index contributed by atoms with van der Waals surface area (Å²) < 4.78 is 10.6. The minimum atomic E-state index is 0.0337.